The standard InChI is InChI=1S/C27H32N2O3S/c1-19(2)23-12-14-24(15-13-23)29(33(31,32)25-9-7-6-8-10-25)18-27(30)28-22(5)26-16-11-20(3)17-21(26)4/h6-17,19,22H,18H2,1-5H3,(H,28,30)/t22-/m0/s1. The minimum absolute atomic E-state index is 0.146. The molecule has 3 rings (SSSR count). The monoisotopic (exact) mass is 464 g/mol. The molecule has 0 saturated carbocycles. The van der Waals surface area contributed by atoms with E-state index >= 15 is 0 Å². The third-order valence-corrected chi connectivity index (χ3v) is 7.52. The van der Waals surface area contributed by atoms with Gasteiger partial charge in [-0.2, -0.15) is 0 Å². The van der Waals surface area contributed by atoms with Gasteiger partial charge in [-0.3, -0.25) is 9.10 Å². The molecule has 0 aliphatic rings. The summed E-state index contributed by atoms with van der Waals surface area (Å²) >= 11 is 0. The van der Waals surface area contributed by atoms with Crippen LogP contribution in [0.15, 0.2) is 77.7 Å². The van der Waals surface area contributed by atoms with Crippen LogP contribution in [0.3, 0.4) is 0 Å². The Morgan fingerprint density at radius 1 is 0.909 bits per heavy atom. The molecule has 3 aromatic carbocycles. The first-order chi connectivity index (χ1) is 15.6. The van der Waals surface area contributed by atoms with Gasteiger partial charge < -0.3 is 5.32 Å². The number of aryl methyl sites for hydroxylation is 2. The van der Waals surface area contributed by atoms with E-state index in [9.17, 15) is 13.2 Å². The minimum atomic E-state index is -3.92. The van der Waals surface area contributed by atoms with Crippen molar-refractivity contribution in [2.24, 2.45) is 0 Å². The highest BCUT2D eigenvalue weighted by Gasteiger charge is 2.27. The van der Waals surface area contributed by atoms with Crippen molar-refractivity contribution in [1.29, 1.82) is 0 Å². The molecule has 0 heterocycles. The van der Waals surface area contributed by atoms with Crippen LogP contribution in [0.1, 0.15) is 55.0 Å². The van der Waals surface area contributed by atoms with E-state index in [0.717, 1.165) is 22.3 Å². The van der Waals surface area contributed by atoms with E-state index < -0.39 is 10.0 Å². The Hall–Kier alpha value is -3.12. The van der Waals surface area contributed by atoms with Crippen LogP contribution in [-0.4, -0.2) is 20.9 Å². The topological polar surface area (TPSA) is 66.5 Å². The maximum absolute atomic E-state index is 13.5. The van der Waals surface area contributed by atoms with Crippen LogP contribution >= 0.6 is 0 Å². The molecular weight excluding hydrogens is 432 g/mol. The van der Waals surface area contributed by atoms with Gasteiger partial charge in [0.2, 0.25) is 5.91 Å². The first-order valence-electron chi connectivity index (χ1n) is 11.1. The van der Waals surface area contributed by atoms with E-state index in [1.165, 1.54) is 4.31 Å². The van der Waals surface area contributed by atoms with Crippen molar-refractivity contribution in [1.82, 2.24) is 5.32 Å². The highest BCUT2D eigenvalue weighted by Crippen LogP contribution is 2.26. The zero-order valence-corrected chi connectivity index (χ0v) is 20.7. The zero-order valence-electron chi connectivity index (χ0n) is 19.9. The van der Waals surface area contributed by atoms with Crippen molar-refractivity contribution in [3.8, 4) is 0 Å². The third kappa shape index (κ3) is 5.82. The molecule has 0 spiro atoms. The summed E-state index contributed by atoms with van der Waals surface area (Å²) in [7, 11) is -3.92. The van der Waals surface area contributed by atoms with Crippen molar-refractivity contribution >= 4 is 21.6 Å². The largest absolute Gasteiger partial charge is 0.348 e. The lowest BCUT2D eigenvalue weighted by atomic mass is 10.0. The number of hydrogen-bond acceptors (Lipinski definition) is 3. The van der Waals surface area contributed by atoms with Crippen molar-refractivity contribution in [2.45, 2.75) is 51.5 Å². The zero-order chi connectivity index (χ0) is 24.2. The number of anilines is 1. The average molecular weight is 465 g/mol. The molecule has 0 radical (unpaired) electrons. The Labute approximate surface area is 197 Å². The highest BCUT2D eigenvalue weighted by molar-refractivity contribution is 7.92. The van der Waals surface area contributed by atoms with Gasteiger partial charge in [0.1, 0.15) is 6.54 Å². The van der Waals surface area contributed by atoms with Crippen molar-refractivity contribution < 1.29 is 13.2 Å². The summed E-state index contributed by atoms with van der Waals surface area (Å²) in [4.78, 5) is 13.2. The second-order valence-corrected chi connectivity index (χ2v) is 10.6. The number of benzene rings is 3. The molecule has 0 fully saturated rings. The van der Waals surface area contributed by atoms with Gasteiger partial charge in [0, 0.05) is 0 Å². The molecule has 5 nitrogen and oxygen atoms in total. The second kappa shape index (κ2) is 10.2. The van der Waals surface area contributed by atoms with Crippen molar-refractivity contribution in [3.63, 3.8) is 0 Å². The lowest BCUT2D eigenvalue weighted by Gasteiger charge is -2.26. The van der Waals surface area contributed by atoms with Gasteiger partial charge in [-0.05, 0) is 67.6 Å². The Balaban J connectivity index is 1.90. The molecule has 0 bridgehead atoms. The Bertz CT molecular complexity index is 1200. The molecule has 0 unspecified atom stereocenters. The molecule has 0 aliphatic carbocycles. The predicted octanol–water partition coefficient (Wildman–Crippen LogP) is 5.50. The number of sulfonamides is 1. The summed E-state index contributed by atoms with van der Waals surface area (Å²) in [6.07, 6.45) is 0. The first kappa shape index (κ1) is 24.5. The van der Waals surface area contributed by atoms with Gasteiger partial charge in [-0.25, -0.2) is 8.42 Å². The lowest BCUT2D eigenvalue weighted by molar-refractivity contribution is -0.120. The van der Waals surface area contributed by atoms with Gasteiger partial charge >= 0.3 is 0 Å². The van der Waals surface area contributed by atoms with Gasteiger partial charge in [0.05, 0.1) is 16.6 Å². The van der Waals surface area contributed by atoms with E-state index in [0.29, 0.717) is 11.6 Å². The summed E-state index contributed by atoms with van der Waals surface area (Å²) in [5, 5.41) is 2.96. The van der Waals surface area contributed by atoms with Crippen LogP contribution in [-0.2, 0) is 14.8 Å². The van der Waals surface area contributed by atoms with Crippen LogP contribution in [0.4, 0.5) is 5.69 Å². The molecular formula is C27H32N2O3S. The van der Waals surface area contributed by atoms with Gasteiger partial charge in [0.15, 0.2) is 0 Å². The van der Waals surface area contributed by atoms with Crippen LogP contribution < -0.4 is 9.62 Å². The Morgan fingerprint density at radius 3 is 2.12 bits per heavy atom. The summed E-state index contributed by atoms with van der Waals surface area (Å²) < 4.78 is 28.1. The Kier molecular flexibility index (Phi) is 7.59. The molecule has 33 heavy (non-hydrogen) atoms. The quantitative estimate of drug-likeness (QED) is 0.479. The van der Waals surface area contributed by atoms with E-state index in [2.05, 4.69) is 25.2 Å². The second-order valence-electron chi connectivity index (χ2n) is 8.72. The van der Waals surface area contributed by atoms with E-state index in [4.69, 9.17) is 0 Å². The molecule has 1 atom stereocenters. The van der Waals surface area contributed by atoms with Crippen LogP contribution in [0.2, 0.25) is 0 Å². The van der Waals surface area contributed by atoms with E-state index in [1.807, 2.05) is 45.0 Å². The lowest BCUT2D eigenvalue weighted by Crippen LogP contribution is -2.41. The van der Waals surface area contributed by atoms with Crippen LogP contribution in [0, 0.1) is 13.8 Å². The maximum Gasteiger partial charge on any atom is 0.264 e. The predicted molar refractivity (Wildman–Crippen MR) is 134 cm³/mol. The fourth-order valence-electron chi connectivity index (χ4n) is 3.87. The number of carbonyl (C=O) groups is 1. The number of hydrogen-bond donors (Lipinski definition) is 1. The number of carbonyl (C=O) groups excluding carboxylic acids is 1. The van der Waals surface area contributed by atoms with Crippen molar-refractivity contribution in [3.05, 3.63) is 95.1 Å². The SMILES string of the molecule is Cc1ccc([C@H](C)NC(=O)CN(c2ccc(C(C)C)cc2)S(=O)(=O)c2ccccc2)c(C)c1. The molecule has 0 aliphatic heterocycles. The fraction of sp³-hybridized carbons (Fsp3) is 0.296. The third-order valence-electron chi connectivity index (χ3n) is 5.74. The Morgan fingerprint density at radius 2 is 1.55 bits per heavy atom. The average Bonchev–Trinajstić information content (AvgIpc) is 2.78. The smallest absolute Gasteiger partial charge is 0.264 e. The summed E-state index contributed by atoms with van der Waals surface area (Å²) in [6.45, 7) is 9.78. The number of amides is 1. The number of nitrogens with one attached hydrogen (secondary N) is 1. The van der Waals surface area contributed by atoms with E-state index in [1.54, 1.807) is 42.5 Å². The van der Waals surface area contributed by atoms with Gasteiger partial charge in [-0.1, -0.05) is 67.9 Å². The maximum atomic E-state index is 13.5. The summed E-state index contributed by atoms with van der Waals surface area (Å²) in [5.41, 5.74) is 4.80. The molecule has 3 aromatic rings. The highest BCUT2D eigenvalue weighted by atomic mass is 32.2. The molecule has 1 N–H and O–H groups in total. The molecule has 1 amide bonds. The summed E-state index contributed by atoms with van der Waals surface area (Å²) in [6, 6.07) is 21.4. The van der Waals surface area contributed by atoms with Gasteiger partial charge in [-0.15, -0.1) is 0 Å². The van der Waals surface area contributed by atoms with Gasteiger partial charge in [0.25, 0.3) is 10.0 Å². The normalized spacial score (nSPS) is 12.4. The molecule has 174 valence electrons. The molecule has 0 aromatic heterocycles. The van der Waals surface area contributed by atoms with E-state index in [-0.39, 0.29) is 23.4 Å². The number of nitrogens with zero attached hydrogens (tertiary/aromatic N) is 1. The van der Waals surface area contributed by atoms with Crippen molar-refractivity contribution in [2.75, 3.05) is 10.8 Å². The number of rotatable bonds is 8. The first-order valence-corrected chi connectivity index (χ1v) is 12.6. The molecule has 6 heteroatoms. The summed E-state index contributed by atoms with van der Waals surface area (Å²) in [5.74, 6) is -0.0463. The van der Waals surface area contributed by atoms with Crippen LogP contribution in [0.25, 0.3) is 0 Å². The minimum Gasteiger partial charge on any atom is -0.348 e. The fourth-order valence-corrected chi connectivity index (χ4v) is 5.31. The van der Waals surface area contributed by atoms with Crippen LogP contribution in [0.5, 0.6) is 0 Å². The molecule has 0 saturated heterocycles.